The maximum atomic E-state index is 12.5. The van der Waals surface area contributed by atoms with Crippen molar-refractivity contribution in [3.63, 3.8) is 0 Å². The molecule has 122 valence electrons. The van der Waals surface area contributed by atoms with Crippen LogP contribution in [0.25, 0.3) is 16.7 Å². The van der Waals surface area contributed by atoms with Crippen molar-refractivity contribution in [2.45, 2.75) is 38.6 Å². The van der Waals surface area contributed by atoms with Crippen LogP contribution in [0.5, 0.6) is 0 Å². The monoisotopic (exact) mass is 320 g/mol. The van der Waals surface area contributed by atoms with Gasteiger partial charge in [-0.05, 0) is 38.0 Å². The third-order valence-corrected chi connectivity index (χ3v) is 4.75. The molecule has 0 atom stereocenters. The van der Waals surface area contributed by atoms with Crippen LogP contribution < -0.4 is 5.32 Å². The van der Waals surface area contributed by atoms with Gasteiger partial charge in [-0.25, -0.2) is 9.67 Å². The first-order chi connectivity index (χ1) is 11.7. The van der Waals surface area contributed by atoms with Crippen molar-refractivity contribution in [1.29, 1.82) is 0 Å². The molecule has 4 rings (SSSR count). The highest BCUT2D eigenvalue weighted by atomic mass is 16.1. The number of nitrogens with zero attached hydrogens (tertiary/aromatic N) is 3. The van der Waals surface area contributed by atoms with E-state index in [0.29, 0.717) is 11.6 Å². The van der Waals surface area contributed by atoms with Gasteiger partial charge in [0.2, 0.25) is 0 Å². The molecule has 2 heterocycles. The zero-order chi connectivity index (χ0) is 16.5. The Bertz CT molecular complexity index is 893. The third kappa shape index (κ3) is 2.66. The molecule has 24 heavy (non-hydrogen) atoms. The van der Waals surface area contributed by atoms with E-state index in [1.54, 1.807) is 10.9 Å². The number of carbonyl (C=O) groups excluding carboxylic acids is 1. The van der Waals surface area contributed by atoms with E-state index in [4.69, 9.17) is 0 Å². The minimum atomic E-state index is -0.0357. The lowest BCUT2D eigenvalue weighted by Crippen LogP contribution is -2.32. The van der Waals surface area contributed by atoms with Gasteiger partial charge in [-0.15, -0.1) is 0 Å². The second kappa shape index (κ2) is 6.07. The summed E-state index contributed by atoms with van der Waals surface area (Å²) in [5.74, 6) is 0.692. The van der Waals surface area contributed by atoms with Gasteiger partial charge in [0.05, 0.1) is 23.0 Å². The Balaban J connectivity index is 1.63. The Hall–Kier alpha value is -2.69. The predicted octanol–water partition coefficient (Wildman–Crippen LogP) is 3.40. The smallest absolute Gasteiger partial charge is 0.254 e. The maximum Gasteiger partial charge on any atom is 0.254 e. The summed E-state index contributed by atoms with van der Waals surface area (Å²) < 4.78 is 1.73. The molecule has 0 saturated heterocycles. The Labute approximate surface area is 140 Å². The highest BCUT2D eigenvalue weighted by Gasteiger charge is 2.21. The van der Waals surface area contributed by atoms with Gasteiger partial charge < -0.3 is 5.32 Å². The molecule has 1 aliphatic rings. The van der Waals surface area contributed by atoms with Gasteiger partial charge in [0.25, 0.3) is 5.91 Å². The van der Waals surface area contributed by atoms with Crippen molar-refractivity contribution in [2.24, 2.45) is 0 Å². The summed E-state index contributed by atoms with van der Waals surface area (Å²) >= 11 is 0. The fourth-order valence-electron chi connectivity index (χ4n) is 3.37. The Morgan fingerprint density at radius 2 is 1.96 bits per heavy atom. The van der Waals surface area contributed by atoms with Crippen LogP contribution in [0.15, 0.2) is 42.6 Å². The van der Waals surface area contributed by atoms with Crippen molar-refractivity contribution in [3.05, 3.63) is 53.9 Å². The molecular formula is C19H20N4O. The van der Waals surface area contributed by atoms with Gasteiger partial charge >= 0.3 is 0 Å². The highest BCUT2D eigenvalue weighted by Crippen LogP contribution is 2.20. The van der Waals surface area contributed by atoms with E-state index < -0.39 is 0 Å². The van der Waals surface area contributed by atoms with Crippen molar-refractivity contribution in [1.82, 2.24) is 20.1 Å². The molecule has 0 unspecified atom stereocenters. The molecule has 1 fully saturated rings. The molecule has 5 heteroatoms. The fourth-order valence-corrected chi connectivity index (χ4v) is 3.37. The molecule has 2 aromatic heterocycles. The van der Waals surface area contributed by atoms with Crippen LogP contribution in [0, 0.1) is 6.92 Å². The van der Waals surface area contributed by atoms with Crippen LogP contribution in [0.1, 0.15) is 41.7 Å². The molecule has 1 aromatic carbocycles. The number of aromatic nitrogens is 3. The first-order valence-electron chi connectivity index (χ1n) is 8.44. The first kappa shape index (κ1) is 14.9. The Morgan fingerprint density at radius 1 is 1.17 bits per heavy atom. The van der Waals surface area contributed by atoms with Gasteiger partial charge in [0.1, 0.15) is 0 Å². The van der Waals surface area contributed by atoms with E-state index in [-0.39, 0.29) is 5.91 Å². The van der Waals surface area contributed by atoms with Gasteiger partial charge in [0.15, 0.2) is 5.82 Å². The zero-order valence-corrected chi connectivity index (χ0v) is 13.7. The summed E-state index contributed by atoms with van der Waals surface area (Å²) in [5.41, 5.74) is 2.35. The summed E-state index contributed by atoms with van der Waals surface area (Å²) in [7, 11) is 0. The number of nitrogens with one attached hydrogen (secondary N) is 1. The number of amides is 1. The first-order valence-corrected chi connectivity index (χ1v) is 8.44. The van der Waals surface area contributed by atoms with E-state index in [2.05, 4.69) is 15.4 Å². The van der Waals surface area contributed by atoms with Crippen LogP contribution in [0.4, 0.5) is 0 Å². The van der Waals surface area contributed by atoms with Crippen LogP contribution in [-0.2, 0) is 0 Å². The molecule has 3 aromatic rings. The van der Waals surface area contributed by atoms with Crippen molar-refractivity contribution in [3.8, 4) is 5.82 Å². The lowest BCUT2D eigenvalue weighted by Gasteiger charge is -2.11. The number of hydrogen-bond donors (Lipinski definition) is 1. The van der Waals surface area contributed by atoms with Crippen LogP contribution in [0.3, 0.4) is 0 Å². The summed E-state index contributed by atoms with van der Waals surface area (Å²) in [6, 6.07) is 12.2. The number of benzene rings is 1. The molecule has 1 aliphatic carbocycles. The second-order valence-electron chi connectivity index (χ2n) is 6.37. The van der Waals surface area contributed by atoms with E-state index in [1.165, 1.54) is 12.8 Å². The van der Waals surface area contributed by atoms with E-state index in [1.807, 2.05) is 43.3 Å². The lowest BCUT2D eigenvalue weighted by atomic mass is 10.2. The average molecular weight is 320 g/mol. The Kier molecular flexibility index (Phi) is 3.76. The van der Waals surface area contributed by atoms with Gasteiger partial charge in [-0.2, -0.15) is 5.10 Å². The molecule has 1 N–H and O–H groups in total. The lowest BCUT2D eigenvalue weighted by molar-refractivity contribution is 0.0937. The summed E-state index contributed by atoms with van der Waals surface area (Å²) in [6.07, 6.45) is 6.18. The molecule has 0 bridgehead atoms. The number of carbonyl (C=O) groups is 1. The van der Waals surface area contributed by atoms with E-state index >= 15 is 0 Å². The minimum absolute atomic E-state index is 0.0357. The average Bonchev–Trinajstić information content (AvgIpc) is 3.24. The standard InChI is InChI=1S/C19H20N4O/c1-13-16(19(24)21-15-7-3-4-8-15)12-20-23(13)18-11-10-14-6-2-5-9-17(14)22-18/h2,5-6,9-12,15H,3-4,7-8H2,1H3,(H,21,24). The summed E-state index contributed by atoms with van der Waals surface area (Å²) in [6.45, 7) is 1.91. The highest BCUT2D eigenvalue weighted by molar-refractivity contribution is 5.95. The summed E-state index contributed by atoms with van der Waals surface area (Å²) in [4.78, 5) is 17.1. The van der Waals surface area contributed by atoms with Crippen molar-refractivity contribution < 1.29 is 4.79 Å². The quantitative estimate of drug-likeness (QED) is 0.804. The molecule has 1 saturated carbocycles. The minimum Gasteiger partial charge on any atom is -0.349 e. The largest absolute Gasteiger partial charge is 0.349 e. The number of para-hydroxylation sites is 1. The van der Waals surface area contributed by atoms with Crippen LogP contribution in [0.2, 0.25) is 0 Å². The fraction of sp³-hybridized carbons (Fsp3) is 0.316. The molecule has 0 radical (unpaired) electrons. The number of fused-ring (bicyclic) bond motifs is 1. The van der Waals surface area contributed by atoms with Gasteiger partial charge in [-0.1, -0.05) is 31.0 Å². The third-order valence-electron chi connectivity index (χ3n) is 4.75. The van der Waals surface area contributed by atoms with E-state index in [0.717, 1.165) is 35.3 Å². The topological polar surface area (TPSA) is 59.8 Å². The second-order valence-corrected chi connectivity index (χ2v) is 6.37. The van der Waals surface area contributed by atoms with Crippen LogP contribution >= 0.6 is 0 Å². The molecule has 0 spiro atoms. The van der Waals surface area contributed by atoms with E-state index in [9.17, 15) is 4.79 Å². The SMILES string of the molecule is Cc1c(C(=O)NC2CCCC2)cnn1-c1ccc2ccccc2n1. The van der Waals surface area contributed by atoms with Crippen molar-refractivity contribution >= 4 is 16.8 Å². The number of rotatable bonds is 3. The van der Waals surface area contributed by atoms with Crippen LogP contribution in [-0.4, -0.2) is 26.7 Å². The molecule has 0 aliphatic heterocycles. The zero-order valence-electron chi connectivity index (χ0n) is 13.7. The van der Waals surface area contributed by atoms with Crippen molar-refractivity contribution in [2.75, 3.05) is 0 Å². The van der Waals surface area contributed by atoms with Gasteiger partial charge in [-0.3, -0.25) is 4.79 Å². The predicted molar refractivity (Wildman–Crippen MR) is 93.3 cm³/mol. The number of pyridine rings is 1. The molecule has 1 amide bonds. The van der Waals surface area contributed by atoms with Gasteiger partial charge in [0, 0.05) is 11.4 Å². The normalized spacial score (nSPS) is 15.0. The Morgan fingerprint density at radius 3 is 2.79 bits per heavy atom. The molecular weight excluding hydrogens is 300 g/mol. The number of hydrogen-bond acceptors (Lipinski definition) is 3. The maximum absolute atomic E-state index is 12.5. The summed E-state index contributed by atoms with van der Waals surface area (Å²) in [5, 5.41) is 8.59. The molecule has 5 nitrogen and oxygen atoms in total.